The Morgan fingerprint density at radius 1 is 1.69 bits per heavy atom. The fourth-order valence-electron chi connectivity index (χ4n) is 0.965. The standard InChI is InChI=1S/C9H14N4O3/c1-2-16-8-3-7(12-5-13-8)11-4-6(14)9(10)15/h3,5-6,14H,2,4H2,1H3,(H2,10,15)(H,11,12,13). The number of carbonyl (C=O) groups is 1. The zero-order valence-corrected chi connectivity index (χ0v) is 8.88. The fourth-order valence-corrected chi connectivity index (χ4v) is 0.965. The minimum atomic E-state index is -1.24. The molecular formula is C9H14N4O3. The van der Waals surface area contributed by atoms with Crippen molar-refractivity contribution in [2.45, 2.75) is 13.0 Å². The number of hydrogen-bond acceptors (Lipinski definition) is 6. The van der Waals surface area contributed by atoms with Crippen LogP contribution in [0.2, 0.25) is 0 Å². The maximum Gasteiger partial charge on any atom is 0.248 e. The minimum absolute atomic E-state index is 0.00207. The van der Waals surface area contributed by atoms with Crippen molar-refractivity contribution in [1.82, 2.24) is 9.97 Å². The topological polar surface area (TPSA) is 110 Å². The van der Waals surface area contributed by atoms with Gasteiger partial charge in [-0.25, -0.2) is 9.97 Å². The van der Waals surface area contributed by atoms with Gasteiger partial charge < -0.3 is 20.9 Å². The molecule has 0 saturated carbocycles. The number of anilines is 1. The minimum Gasteiger partial charge on any atom is -0.478 e. The average Bonchev–Trinajstić information content (AvgIpc) is 2.26. The van der Waals surface area contributed by atoms with Crippen LogP contribution in [0.4, 0.5) is 5.82 Å². The SMILES string of the molecule is CCOc1cc(NCC(O)C(N)=O)ncn1. The maximum absolute atomic E-state index is 10.6. The summed E-state index contributed by atoms with van der Waals surface area (Å²) in [7, 11) is 0. The second-order valence-electron chi connectivity index (χ2n) is 2.97. The lowest BCUT2D eigenvalue weighted by Crippen LogP contribution is -2.34. The largest absolute Gasteiger partial charge is 0.478 e. The third-order valence-electron chi connectivity index (χ3n) is 1.74. The first kappa shape index (κ1) is 12.2. The molecule has 0 radical (unpaired) electrons. The van der Waals surface area contributed by atoms with E-state index in [1.54, 1.807) is 6.07 Å². The van der Waals surface area contributed by atoms with E-state index >= 15 is 0 Å². The Morgan fingerprint density at radius 3 is 3.06 bits per heavy atom. The first-order chi connectivity index (χ1) is 7.63. The number of rotatable bonds is 6. The summed E-state index contributed by atoms with van der Waals surface area (Å²) in [5.74, 6) is 0.0962. The van der Waals surface area contributed by atoms with Gasteiger partial charge in [-0.1, -0.05) is 0 Å². The van der Waals surface area contributed by atoms with Crippen molar-refractivity contribution < 1.29 is 14.6 Å². The summed E-state index contributed by atoms with van der Waals surface area (Å²) in [5, 5.41) is 11.9. The Morgan fingerprint density at radius 2 is 2.44 bits per heavy atom. The van der Waals surface area contributed by atoms with Crippen molar-refractivity contribution in [3.8, 4) is 5.88 Å². The summed E-state index contributed by atoms with van der Waals surface area (Å²) in [6.07, 6.45) is 0.0785. The normalized spacial score (nSPS) is 11.9. The quantitative estimate of drug-likeness (QED) is 0.581. The molecule has 1 atom stereocenters. The number of aliphatic hydroxyl groups is 1. The molecule has 0 aromatic carbocycles. The third kappa shape index (κ3) is 3.70. The monoisotopic (exact) mass is 226 g/mol. The van der Waals surface area contributed by atoms with E-state index in [4.69, 9.17) is 15.6 Å². The Bertz CT molecular complexity index is 358. The number of aliphatic hydroxyl groups excluding tert-OH is 1. The summed E-state index contributed by atoms with van der Waals surface area (Å²) in [6, 6.07) is 1.57. The second-order valence-corrected chi connectivity index (χ2v) is 2.97. The van der Waals surface area contributed by atoms with E-state index in [1.807, 2.05) is 6.92 Å². The fraction of sp³-hybridized carbons (Fsp3) is 0.444. The predicted octanol–water partition coefficient (Wildman–Crippen LogP) is -0.867. The molecule has 0 aliphatic rings. The summed E-state index contributed by atoms with van der Waals surface area (Å²) >= 11 is 0. The highest BCUT2D eigenvalue weighted by Gasteiger charge is 2.10. The van der Waals surface area contributed by atoms with Gasteiger partial charge in [-0.3, -0.25) is 4.79 Å². The van der Waals surface area contributed by atoms with E-state index < -0.39 is 12.0 Å². The number of primary amides is 1. The molecule has 0 saturated heterocycles. The van der Waals surface area contributed by atoms with Crippen LogP contribution in [0.5, 0.6) is 5.88 Å². The molecule has 4 N–H and O–H groups in total. The van der Waals surface area contributed by atoms with Crippen molar-refractivity contribution in [2.75, 3.05) is 18.5 Å². The smallest absolute Gasteiger partial charge is 0.248 e. The number of carbonyl (C=O) groups excluding carboxylic acids is 1. The molecule has 1 aromatic rings. The molecule has 0 bridgehead atoms. The van der Waals surface area contributed by atoms with Gasteiger partial charge in [0.15, 0.2) is 0 Å². The van der Waals surface area contributed by atoms with Gasteiger partial charge in [-0.15, -0.1) is 0 Å². The van der Waals surface area contributed by atoms with Crippen LogP contribution in [0.1, 0.15) is 6.92 Å². The van der Waals surface area contributed by atoms with Crippen LogP contribution in [-0.2, 0) is 4.79 Å². The molecule has 0 aliphatic carbocycles. The molecule has 1 aromatic heterocycles. The van der Waals surface area contributed by atoms with Crippen LogP contribution in [0, 0.1) is 0 Å². The summed E-state index contributed by atoms with van der Waals surface area (Å²) in [5.41, 5.74) is 4.89. The molecule has 7 nitrogen and oxygen atoms in total. The van der Waals surface area contributed by atoms with Crippen molar-refractivity contribution in [3.63, 3.8) is 0 Å². The van der Waals surface area contributed by atoms with E-state index in [0.717, 1.165) is 0 Å². The molecule has 7 heteroatoms. The van der Waals surface area contributed by atoms with Crippen molar-refractivity contribution in [2.24, 2.45) is 5.73 Å². The van der Waals surface area contributed by atoms with Crippen LogP contribution < -0.4 is 15.8 Å². The highest BCUT2D eigenvalue weighted by atomic mass is 16.5. The number of nitrogens with zero attached hydrogens (tertiary/aromatic N) is 2. The van der Waals surface area contributed by atoms with Crippen LogP contribution in [0.3, 0.4) is 0 Å². The average molecular weight is 226 g/mol. The molecule has 0 fully saturated rings. The van der Waals surface area contributed by atoms with E-state index in [0.29, 0.717) is 18.3 Å². The summed E-state index contributed by atoms with van der Waals surface area (Å²) in [6.45, 7) is 2.34. The van der Waals surface area contributed by atoms with Gasteiger partial charge in [0, 0.05) is 6.07 Å². The lowest BCUT2D eigenvalue weighted by Gasteiger charge is -2.09. The van der Waals surface area contributed by atoms with Crippen molar-refractivity contribution in [1.29, 1.82) is 0 Å². The molecular weight excluding hydrogens is 212 g/mol. The third-order valence-corrected chi connectivity index (χ3v) is 1.74. The molecule has 1 rings (SSSR count). The lowest BCUT2D eigenvalue weighted by atomic mass is 10.3. The predicted molar refractivity (Wildman–Crippen MR) is 56.9 cm³/mol. The Labute approximate surface area is 92.7 Å². The van der Waals surface area contributed by atoms with Crippen LogP contribution in [-0.4, -0.2) is 40.2 Å². The van der Waals surface area contributed by atoms with Crippen LogP contribution in [0.25, 0.3) is 0 Å². The van der Waals surface area contributed by atoms with Gasteiger partial charge in [-0.05, 0) is 6.92 Å². The maximum atomic E-state index is 10.6. The molecule has 16 heavy (non-hydrogen) atoms. The molecule has 1 amide bonds. The number of hydrogen-bond donors (Lipinski definition) is 3. The summed E-state index contributed by atoms with van der Waals surface area (Å²) in [4.78, 5) is 18.3. The van der Waals surface area contributed by atoms with Gasteiger partial charge in [0.1, 0.15) is 18.2 Å². The zero-order chi connectivity index (χ0) is 12.0. The number of nitrogens with one attached hydrogen (secondary N) is 1. The van der Waals surface area contributed by atoms with Gasteiger partial charge in [0.25, 0.3) is 0 Å². The Balaban J connectivity index is 2.53. The number of ether oxygens (including phenoxy) is 1. The number of amides is 1. The van der Waals surface area contributed by atoms with Gasteiger partial charge in [0.05, 0.1) is 13.2 Å². The van der Waals surface area contributed by atoms with Gasteiger partial charge in [-0.2, -0.15) is 0 Å². The van der Waals surface area contributed by atoms with E-state index in [2.05, 4.69) is 15.3 Å². The second kappa shape index (κ2) is 5.86. The van der Waals surface area contributed by atoms with Gasteiger partial charge in [0.2, 0.25) is 11.8 Å². The highest BCUT2D eigenvalue weighted by Crippen LogP contribution is 2.10. The van der Waals surface area contributed by atoms with E-state index in [9.17, 15) is 4.79 Å². The molecule has 1 heterocycles. The first-order valence-electron chi connectivity index (χ1n) is 4.79. The molecule has 0 spiro atoms. The zero-order valence-electron chi connectivity index (χ0n) is 8.88. The first-order valence-corrected chi connectivity index (χ1v) is 4.79. The van der Waals surface area contributed by atoms with E-state index in [-0.39, 0.29) is 6.54 Å². The number of nitrogens with two attached hydrogens (primary N) is 1. The van der Waals surface area contributed by atoms with Crippen molar-refractivity contribution >= 4 is 11.7 Å². The van der Waals surface area contributed by atoms with Crippen molar-refractivity contribution in [3.05, 3.63) is 12.4 Å². The molecule has 0 aliphatic heterocycles. The summed E-state index contributed by atoms with van der Waals surface area (Å²) < 4.78 is 5.16. The molecule has 88 valence electrons. The van der Waals surface area contributed by atoms with E-state index in [1.165, 1.54) is 6.33 Å². The van der Waals surface area contributed by atoms with Crippen LogP contribution >= 0.6 is 0 Å². The Kier molecular flexibility index (Phi) is 4.46. The Hall–Kier alpha value is -1.89. The lowest BCUT2D eigenvalue weighted by molar-refractivity contribution is -0.125. The van der Waals surface area contributed by atoms with Crippen LogP contribution in [0.15, 0.2) is 12.4 Å². The van der Waals surface area contributed by atoms with Gasteiger partial charge >= 0.3 is 0 Å². The highest BCUT2D eigenvalue weighted by molar-refractivity contribution is 5.79. The number of aromatic nitrogens is 2. The molecule has 1 unspecified atom stereocenters.